The Morgan fingerprint density at radius 3 is 1.08 bits per heavy atom. The summed E-state index contributed by atoms with van der Waals surface area (Å²) in [4.78, 5) is 48.5. The van der Waals surface area contributed by atoms with Crippen LogP contribution in [0.2, 0.25) is 0 Å². The van der Waals surface area contributed by atoms with E-state index >= 15 is 0 Å². The number of aliphatic hydroxyl groups excluding tert-OH is 1. The van der Waals surface area contributed by atoms with E-state index in [0.29, 0.717) is 19.3 Å². The Balaban J connectivity index is 4.74. The van der Waals surface area contributed by atoms with Gasteiger partial charge in [0.15, 0.2) is 6.10 Å². The molecule has 0 saturated carbocycles. The molecule has 0 aliphatic carbocycles. The summed E-state index contributed by atoms with van der Waals surface area (Å²) in [5.74, 6) is -1.50. The molecule has 0 aromatic rings. The van der Waals surface area contributed by atoms with Crippen molar-refractivity contribution in [2.45, 2.75) is 264 Å². The molecule has 0 aromatic carbocycles. The number of esters is 3. The summed E-state index contributed by atoms with van der Waals surface area (Å²) >= 11 is 0. The van der Waals surface area contributed by atoms with Crippen LogP contribution in [0.3, 0.4) is 0 Å². The van der Waals surface area contributed by atoms with Crippen molar-refractivity contribution in [1.29, 1.82) is 0 Å². The molecule has 11 nitrogen and oxygen atoms in total. The molecule has 0 fully saturated rings. The highest BCUT2D eigenvalue weighted by atomic mass is 31.2. The van der Waals surface area contributed by atoms with E-state index in [0.717, 1.165) is 122 Å². The summed E-state index contributed by atoms with van der Waals surface area (Å²) in [7, 11) is -4.75. The standard InChI is InChI=1S/C60H105O11P/c1-4-7-10-13-16-19-22-25-26-27-28-29-30-33-36-39-42-45-48-51-60(64)71-57(53-67-58(62)49-46-43-40-37-34-31-23-20-17-14-11-8-5-2)55-69-72(65,66)68-54-56(52-61)70-59(63)50-47-44-41-38-35-32-24-21-18-15-12-9-6-3/h11-12,14-16,19-21,23-26,56-57,61H,4-10,13,17-18,22,27-55H2,1-3H3,(H,65,66)/b14-11-,15-12-,19-16-,23-20-,24-21-,26-25-. The van der Waals surface area contributed by atoms with E-state index in [1.165, 1.54) is 70.6 Å². The van der Waals surface area contributed by atoms with E-state index in [1.54, 1.807) is 0 Å². The Bertz CT molecular complexity index is 1490. The zero-order chi connectivity index (χ0) is 52.7. The van der Waals surface area contributed by atoms with Crippen LogP contribution in [-0.2, 0) is 42.2 Å². The number of allylic oxidation sites excluding steroid dienone is 12. The van der Waals surface area contributed by atoms with Crippen LogP contribution in [0.25, 0.3) is 0 Å². The third-order valence-corrected chi connectivity index (χ3v) is 13.0. The average Bonchev–Trinajstić information content (AvgIpc) is 3.37. The van der Waals surface area contributed by atoms with Crippen molar-refractivity contribution < 1.29 is 52.2 Å². The molecule has 3 unspecified atom stereocenters. The molecule has 3 atom stereocenters. The first kappa shape index (κ1) is 68.9. The van der Waals surface area contributed by atoms with Gasteiger partial charge in [-0.1, -0.05) is 203 Å². The predicted molar refractivity (Wildman–Crippen MR) is 298 cm³/mol. The van der Waals surface area contributed by atoms with Crippen LogP contribution in [-0.4, -0.2) is 66.5 Å². The molecule has 0 saturated heterocycles. The zero-order valence-corrected chi connectivity index (χ0v) is 46.8. The molecule has 0 heterocycles. The number of hydrogen-bond acceptors (Lipinski definition) is 10. The molecule has 72 heavy (non-hydrogen) atoms. The molecule has 2 N–H and O–H groups in total. The Hall–Kier alpha value is -3.08. The highest BCUT2D eigenvalue weighted by molar-refractivity contribution is 7.47. The van der Waals surface area contributed by atoms with E-state index in [4.69, 9.17) is 23.3 Å². The number of hydrogen-bond donors (Lipinski definition) is 2. The number of unbranched alkanes of at least 4 members (excludes halogenated alkanes) is 24. The fraction of sp³-hybridized carbons (Fsp3) is 0.750. The molecule has 0 aliphatic heterocycles. The van der Waals surface area contributed by atoms with Gasteiger partial charge in [0, 0.05) is 19.3 Å². The zero-order valence-electron chi connectivity index (χ0n) is 45.9. The van der Waals surface area contributed by atoms with Gasteiger partial charge in [-0.3, -0.25) is 23.4 Å². The second kappa shape index (κ2) is 54.2. The second-order valence-corrected chi connectivity index (χ2v) is 20.5. The minimum Gasteiger partial charge on any atom is -0.462 e. The summed E-state index contributed by atoms with van der Waals surface area (Å²) in [6, 6.07) is 0. The fourth-order valence-electron chi connectivity index (χ4n) is 7.64. The van der Waals surface area contributed by atoms with Crippen LogP contribution >= 0.6 is 7.82 Å². The Labute approximate surface area is 439 Å². The number of aliphatic hydroxyl groups is 1. The van der Waals surface area contributed by atoms with E-state index in [9.17, 15) is 28.9 Å². The van der Waals surface area contributed by atoms with Crippen LogP contribution in [0.5, 0.6) is 0 Å². The summed E-state index contributed by atoms with van der Waals surface area (Å²) in [6.07, 6.45) is 60.0. The van der Waals surface area contributed by atoms with Crippen LogP contribution in [0.4, 0.5) is 0 Å². The number of phosphoric ester groups is 1. The number of carbonyl (C=O) groups is 3. The van der Waals surface area contributed by atoms with Gasteiger partial charge in [0.25, 0.3) is 0 Å². The lowest BCUT2D eigenvalue weighted by molar-refractivity contribution is -0.161. The first-order chi connectivity index (χ1) is 35.2. The van der Waals surface area contributed by atoms with Crippen molar-refractivity contribution >= 4 is 25.7 Å². The fourth-order valence-corrected chi connectivity index (χ4v) is 8.42. The quantitative estimate of drug-likeness (QED) is 0.0197. The van der Waals surface area contributed by atoms with Gasteiger partial charge >= 0.3 is 25.7 Å². The summed E-state index contributed by atoms with van der Waals surface area (Å²) < 4.78 is 39.5. The van der Waals surface area contributed by atoms with E-state index < -0.39 is 57.8 Å². The van der Waals surface area contributed by atoms with Crippen molar-refractivity contribution in [3.8, 4) is 0 Å². The van der Waals surface area contributed by atoms with Gasteiger partial charge in [-0.2, -0.15) is 0 Å². The van der Waals surface area contributed by atoms with Crippen molar-refractivity contribution in [3.63, 3.8) is 0 Å². The van der Waals surface area contributed by atoms with Crippen LogP contribution in [0.1, 0.15) is 252 Å². The minimum absolute atomic E-state index is 0.157. The lowest BCUT2D eigenvalue weighted by atomic mass is 10.1. The molecule has 0 bridgehead atoms. The largest absolute Gasteiger partial charge is 0.472 e. The van der Waals surface area contributed by atoms with Crippen molar-refractivity contribution in [1.82, 2.24) is 0 Å². The number of ether oxygens (including phenoxy) is 3. The summed E-state index contributed by atoms with van der Waals surface area (Å²) in [6.45, 7) is 4.46. The van der Waals surface area contributed by atoms with Crippen molar-refractivity contribution in [2.75, 3.05) is 26.4 Å². The van der Waals surface area contributed by atoms with Gasteiger partial charge in [-0.05, 0) is 103 Å². The lowest BCUT2D eigenvalue weighted by Gasteiger charge is -2.21. The highest BCUT2D eigenvalue weighted by Crippen LogP contribution is 2.43. The molecule has 0 radical (unpaired) electrons. The maximum Gasteiger partial charge on any atom is 0.472 e. The second-order valence-electron chi connectivity index (χ2n) is 19.1. The molecule has 0 rings (SSSR count). The SMILES string of the molecule is CCC/C=C\C/C=C\CCCCCCCC(=O)OCC(COP(=O)(O)OCC(CO)OC(=O)CCCCCCC/C=C\C/C=C\CCC)OC(=O)CCCCCCCCCCC/C=C\C/C=C\CCCCC. The van der Waals surface area contributed by atoms with Gasteiger partial charge in [-0.25, -0.2) is 4.57 Å². The van der Waals surface area contributed by atoms with Gasteiger partial charge in [0.1, 0.15) is 12.7 Å². The normalized spacial score (nSPS) is 13.9. The van der Waals surface area contributed by atoms with Crippen molar-refractivity contribution in [3.05, 3.63) is 72.9 Å². The minimum atomic E-state index is -4.75. The highest BCUT2D eigenvalue weighted by Gasteiger charge is 2.28. The maximum absolute atomic E-state index is 12.9. The molecular formula is C60H105O11P. The first-order valence-electron chi connectivity index (χ1n) is 28.8. The first-order valence-corrected chi connectivity index (χ1v) is 30.3. The topological polar surface area (TPSA) is 155 Å². The predicted octanol–water partition coefficient (Wildman–Crippen LogP) is 16.9. The third kappa shape index (κ3) is 51.8. The molecular weight excluding hydrogens is 928 g/mol. The Morgan fingerprint density at radius 2 is 0.708 bits per heavy atom. The van der Waals surface area contributed by atoms with Gasteiger partial charge < -0.3 is 24.2 Å². The number of phosphoric acid groups is 1. The smallest absolute Gasteiger partial charge is 0.462 e. The van der Waals surface area contributed by atoms with Gasteiger partial charge in [-0.15, -0.1) is 0 Å². The molecule has 0 spiro atoms. The lowest BCUT2D eigenvalue weighted by Crippen LogP contribution is -2.30. The van der Waals surface area contributed by atoms with Gasteiger partial charge in [0.05, 0.1) is 19.8 Å². The molecule has 0 aliphatic rings. The van der Waals surface area contributed by atoms with E-state index in [-0.39, 0.29) is 25.9 Å². The van der Waals surface area contributed by atoms with Crippen molar-refractivity contribution in [2.24, 2.45) is 0 Å². The van der Waals surface area contributed by atoms with Crippen LogP contribution in [0.15, 0.2) is 72.9 Å². The maximum atomic E-state index is 12.9. The van der Waals surface area contributed by atoms with Gasteiger partial charge in [0.2, 0.25) is 0 Å². The molecule has 0 amide bonds. The van der Waals surface area contributed by atoms with E-state index in [1.807, 2.05) is 0 Å². The monoisotopic (exact) mass is 1030 g/mol. The average molecular weight is 1030 g/mol. The molecule has 12 heteroatoms. The Kier molecular flexibility index (Phi) is 51.9. The third-order valence-electron chi connectivity index (χ3n) is 12.0. The Morgan fingerprint density at radius 1 is 0.389 bits per heavy atom. The summed E-state index contributed by atoms with van der Waals surface area (Å²) in [5, 5.41) is 9.80. The van der Waals surface area contributed by atoms with E-state index in [2.05, 4.69) is 93.7 Å². The van der Waals surface area contributed by atoms with Crippen LogP contribution < -0.4 is 0 Å². The molecule has 0 aromatic heterocycles. The number of carbonyl (C=O) groups excluding carboxylic acids is 3. The van der Waals surface area contributed by atoms with Crippen LogP contribution in [0, 0.1) is 0 Å². The number of rotatable bonds is 53. The molecule has 416 valence electrons. The summed E-state index contributed by atoms with van der Waals surface area (Å²) in [5.41, 5.74) is 0.